The van der Waals surface area contributed by atoms with Gasteiger partial charge < -0.3 is 9.47 Å². The van der Waals surface area contributed by atoms with Crippen LogP contribution in [0.1, 0.15) is 23.7 Å². The van der Waals surface area contributed by atoms with Gasteiger partial charge in [-0.3, -0.25) is 10.2 Å². The topological polar surface area (TPSA) is 118 Å². The summed E-state index contributed by atoms with van der Waals surface area (Å²) in [6.45, 7) is 1.62. The summed E-state index contributed by atoms with van der Waals surface area (Å²) < 4.78 is 9.43. The summed E-state index contributed by atoms with van der Waals surface area (Å²) in [4.78, 5) is 45.4. The molecule has 0 unspecified atom stereocenters. The molecule has 0 radical (unpaired) electrons. The van der Waals surface area contributed by atoms with Crippen molar-refractivity contribution in [3.8, 4) is 0 Å². The van der Waals surface area contributed by atoms with Crippen LogP contribution in [0.25, 0.3) is 0 Å². The average Bonchev–Trinajstić information content (AvgIpc) is 2.66. The minimum absolute atomic E-state index is 0.00980. The summed E-state index contributed by atoms with van der Waals surface area (Å²) in [6, 6.07) is 8.17. The first kappa shape index (κ1) is 18.2. The fourth-order valence-electron chi connectivity index (χ4n) is 2.72. The van der Waals surface area contributed by atoms with Crippen LogP contribution in [-0.4, -0.2) is 49.3 Å². The fourth-order valence-corrected chi connectivity index (χ4v) is 2.72. The van der Waals surface area contributed by atoms with Gasteiger partial charge in [-0.2, -0.15) is 0 Å². The van der Waals surface area contributed by atoms with Crippen LogP contribution in [0.2, 0.25) is 0 Å². The van der Waals surface area contributed by atoms with E-state index in [0.29, 0.717) is 0 Å². The summed E-state index contributed by atoms with van der Waals surface area (Å²) in [7, 11) is 2.26. The maximum Gasteiger partial charge on any atom is 0.354 e. The van der Waals surface area contributed by atoms with E-state index in [2.05, 4.69) is 9.98 Å². The smallest absolute Gasteiger partial charge is 0.354 e. The number of aliphatic imine (C=N–C) groups is 2. The van der Waals surface area contributed by atoms with Crippen molar-refractivity contribution in [2.24, 2.45) is 15.4 Å². The summed E-state index contributed by atoms with van der Waals surface area (Å²) in [5.41, 5.74) is -2.23. The van der Waals surface area contributed by atoms with Crippen molar-refractivity contribution in [2.45, 2.75) is 13.3 Å². The second-order valence-electron chi connectivity index (χ2n) is 5.18. The Kier molecular flexibility index (Phi) is 5.21. The highest BCUT2D eigenvalue weighted by atomic mass is 16.5. The third-order valence-electron chi connectivity index (χ3n) is 3.96. The van der Waals surface area contributed by atoms with E-state index in [1.807, 2.05) is 0 Å². The first-order valence-electron chi connectivity index (χ1n) is 7.45. The maximum atomic E-state index is 13.3. The molecule has 0 bridgehead atoms. The van der Waals surface area contributed by atoms with Crippen molar-refractivity contribution in [3.63, 3.8) is 0 Å². The van der Waals surface area contributed by atoms with Crippen LogP contribution >= 0.6 is 0 Å². The number of hydrogen-bond acceptors (Lipinski definition) is 6. The largest absolute Gasteiger partial charge is 0.464 e. The van der Waals surface area contributed by atoms with Gasteiger partial charge in [-0.05, 0) is 6.42 Å². The van der Waals surface area contributed by atoms with Crippen LogP contribution < -0.4 is 0 Å². The Labute approximate surface area is 144 Å². The van der Waals surface area contributed by atoms with E-state index in [0.717, 1.165) is 14.2 Å². The zero-order chi connectivity index (χ0) is 18.6. The van der Waals surface area contributed by atoms with E-state index in [-0.39, 0.29) is 23.4 Å². The van der Waals surface area contributed by atoms with E-state index in [1.54, 1.807) is 37.3 Å². The highest BCUT2D eigenvalue weighted by molar-refractivity contribution is 6.61. The van der Waals surface area contributed by atoms with Gasteiger partial charge in [0.2, 0.25) is 5.96 Å². The highest BCUT2D eigenvalue weighted by Gasteiger charge is 2.55. The molecule has 0 saturated carbocycles. The predicted octanol–water partition coefficient (Wildman–Crippen LogP) is 1.44. The molecule has 1 aromatic rings. The molecular weight excluding hydrogens is 326 g/mol. The first-order valence-corrected chi connectivity index (χ1v) is 7.45. The molecule has 2 rings (SSSR count). The summed E-state index contributed by atoms with van der Waals surface area (Å²) in [5, 5.41) is 7.68. The Balaban J connectivity index is 2.76. The molecule has 0 fully saturated rings. The van der Waals surface area contributed by atoms with Gasteiger partial charge in [0.15, 0.2) is 5.78 Å². The van der Waals surface area contributed by atoms with Gasteiger partial charge in [0.05, 0.1) is 14.2 Å². The van der Waals surface area contributed by atoms with Crippen molar-refractivity contribution in [3.05, 3.63) is 35.9 Å². The molecule has 0 spiro atoms. The Morgan fingerprint density at radius 2 is 1.48 bits per heavy atom. The minimum atomic E-state index is -1.79. The number of nitrogens with one attached hydrogen (secondary N) is 1. The van der Waals surface area contributed by atoms with Crippen molar-refractivity contribution in [1.82, 2.24) is 0 Å². The summed E-state index contributed by atoms with van der Waals surface area (Å²) in [6.07, 6.45) is 0.00980. The van der Waals surface area contributed by atoms with Crippen molar-refractivity contribution in [1.29, 1.82) is 5.41 Å². The number of ether oxygens (including phenoxy) is 2. The molecule has 8 heteroatoms. The van der Waals surface area contributed by atoms with Crippen molar-refractivity contribution >= 4 is 35.1 Å². The molecule has 0 aromatic heterocycles. The van der Waals surface area contributed by atoms with Crippen molar-refractivity contribution in [2.75, 3.05) is 14.2 Å². The van der Waals surface area contributed by atoms with Crippen LogP contribution in [0.3, 0.4) is 0 Å². The van der Waals surface area contributed by atoms with Crippen LogP contribution in [0.15, 0.2) is 40.3 Å². The van der Waals surface area contributed by atoms with Gasteiger partial charge in [-0.25, -0.2) is 19.6 Å². The lowest BCUT2D eigenvalue weighted by molar-refractivity contribution is -0.133. The zero-order valence-corrected chi connectivity index (χ0v) is 14.0. The number of carbonyl (C=O) groups is 3. The number of esters is 2. The first-order chi connectivity index (χ1) is 11.9. The third kappa shape index (κ3) is 2.98. The second-order valence-corrected chi connectivity index (χ2v) is 5.18. The number of nitrogens with zero attached hydrogens (tertiary/aromatic N) is 2. The average molecular weight is 343 g/mol. The monoisotopic (exact) mass is 343 g/mol. The van der Waals surface area contributed by atoms with Gasteiger partial charge in [-0.1, -0.05) is 37.3 Å². The third-order valence-corrected chi connectivity index (χ3v) is 3.96. The molecule has 1 heterocycles. The number of benzene rings is 1. The molecule has 1 aliphatic heterocycles. The number of guanidine groups is 1. The summed E-state index contributed by atoms with van der Waals surface area (Å²) >= 11 is 0. The number of carbonyl (C=O) groups excluding carboxylic acids is 3. The normalized spacial score (nSPS) is 19.6. The Morgan fingerprint density at radius 3 is 1.88 bits per heavy atom. The number of rotatable bonds is 5. The number of Topliss-reactive ketones (excluding diaryl/α,β-unsaturated/α-hetero) is 1. The molecular formula is C17H17N3O5. The molecule has 0 atom stereocenters. The van der Waals surface area contributed by atoms with E-state index in [1.165, 1.54) is 0 Å². The molecule has 25 heavy (non-hydrogen) atoms. The molecule has 0 aliphatic carbocycles. The van der Waals surface area contributed by atoms with Gasteiger partial charge in [0, 0.05) is 5.56 Å². The van der Waals surface area contributed by atoms with Gasteiger partial charge >= 0.3 is 11.9 Å². The summed E-state index contributed by atoms with van der Waals surface area (Å²) in [5.74, 6) is -2.94. The molecule has 1 aromatic carbocycles. The van der Waals surface area contributed by atoms with E-state index in [9.17, 15) is 14.4 Å². The lowest BCUT2D eigenvalue weighted by Crippen LogP contribution is -2.54. The molecule has 0 saturated heterocycles. The van der Waals surface area contributed by atoms with Crippen LogP contribution in [-0.2, 0) is 19.1 Å². The van der Waals surface area contributed by atoms with E-state index in [4.69, 9.17) is 14.9 Å². The number of ketones is 1. The SMILES string of the molecule is CCC1(C(=O)c2ccccc2)C(C(=O)OC)=NC(=N)N=C1C(=O)OC. The van der Waals surface area contributed by atoms with Gasteiger partial charge in [-0.15, -0.1) is 0 Å². The molecule has 0 amide bonds. The fraction of sp³-hybridized carbons (Fsp3) is 0.294. The quantitative estimate of drug-likeness (QED) is 0.641. The highest BCUT2D eigenvalue weighted by Crippen LogP contribution is 2.35. The Morgan fingerprint density at radius 1 is 1.00 bits per heavy atom. The van der Waals surface area contributed by atoms with Gasteiger partial charge in [0.25, 0.3) is 0 Å². The van der Waals surface area contributed by atoms with Crippen LogP contribution in [0.4, 0.5) is 0 Å². The molecule has 8 nitrogen and oxygen atoms in total. The predicted molar refractivity (Wildman–Crippen MR) is 90.1 cm³/mol. The number of hydrogen-bond donors (Lipinski definition) is 1. The Bertz CT molecular complexity index is 760. The number of methoxy groups -OCH3 is 2. The maximum absolute atomic E-state index is 13.3. The standard InChI is InChI=1S/C17H17N3O5/c1-4-17(13(21)10-8-6-5-7-9-10)11(14(22)24-2)19-16(18)20-12(17)15(23)25-3/h5-9,18H,4H2,1-3H3. The molecule has 130 valence electrons. The molecule has 1 aliphatic rings. The lowest BCUT2D eigenvalue weighted by Gasteiger charge is -2.33. The van der Waals surface area contributed by atoms with Crippen molar-refractivity contribution < 1.29 is 23.9 Å². The lowest BCUT2D eigenvalue weighted by atomic mass is 9.69. The second kappa shape index (κ2) is 7.16. The van der Waals surface area contributed by atoms with E-state index < -0.39 is 29.1 Å². The van der Waals surface area contributed by atoms with Gasteiger partial charge in [0.1, 0.15) is 16.8 Å². The van der Waals surface area contributed by atoms with Crippen LogP contribution in [0, 0.1) is 10.8 Å². The molecule has 1 N–H and O–H groups in total. The zero-order valence-electron chi connectivity index (χ0n) is 14.0. The Hall–Kier alpha value is -3.16. The van der Waals surface area contributed by atoms with E-state index >= 15 is 0 Å². The van der Waals surface area contributed by atoms with Crippen LogP contribution in [0.5, 0.6) is 0 Å². The minimum Gasteiger partial charge on any atom is -0.464 e.